The molecule has 0 aromatic heterocycles. The largest absolute Gasteiger partial charge is 0.465 e. The topological polar surface area (TPSA) is 41.6 Å². The number of rotatable bonds is 9. The zero-order valence-electron chi connectivity index (χ0n) is 14.2. The third kappa shape index (κ3) is 4.19. The van der Waals surface area contributed by atoms with Crippen molar-refractivity contribution in [2.45, 2.75) is 64.5 Å². The summed E-state index contributed by atoms with van der Waals surface area (Å²) in [5, 5.41) is 3.56. The van der Waals surface area contributed by atoms with Crippen LogP contribution in [0, 0.1) is 11.8 Å². The second-order valence-corrected chi connectivity index (χ2v) is 7.26. The van der Waals surface area contributed by atoms with Gasteiger partial charge in [0.25, 0.3) is 0 Å². The van der Waals surface area contributed by atoms with Gasteiger partial charge in [0, 0.05) is 19.1 Å². The molecule has 1 N–H and O–H groups in total. The van der Waals surface area contributed by atoms with E-state index in [1.54, 1.807) is 0 Å². The zero-order chi connectivity index (χ0) is 15.5. The van der Waals surface area contributed by atoms with Crippen LogP contribution < -0.4 is 5.32 Å². The third-order valence-corrected chi connectivity index (χ3v) is 4.77. The zero-order valence-corrected chi connectivity index (χ0v) is 14.2. The molecule has 122 valence electrons. The van der Waals surface area contributed by atoms with Gasteiger partial charge in [-0.25, -0.2) is 4.79 Å². The molecule has 0 aromatic carbocycles. The van der Waals surface area contributed by atoms with Crippen molar-refractivity contribution in [3.63, 3.8) is 0 Å². The molecule has 0 bridgehead atoms. The number of ether oxygens (including phenoxy) is 1. The van der Waals surface area contributed by atoms with Gasteiger partial charge in [0.2, 0.25) is 0 Å². The number of hydrogen-bond acceptors (Lipinski definition) is 4. The highest BCUT2D eigenvalue weighted by atomic mass is 16.5. The van der Waals surface area contributed by atoms with Crippen LogP contribution in [0.4, 0.5) is 0 Å². The maximum absolute atomic E-state index is 12.7. The molecule has 2 aliphatic rings. The predicted octanol–water partition coefficient (Wildman–Crippen LogP) is 2.43. The standard InChI is InChI=1S/C17H32N2O2/c1-5-21-16(20)17(15-9-10-15,18-13(2)3)12-19(4)11-14-7-6-8-14/h13-15,18H,5-12H2,1-4H3. The average molecular weight is 296 g/mol. The summed E-state index contributed by atoms with van der Waals surface area (Å²) in [6.45, 7) is 8.45. The molecule has 0 spiro atoms. The van der Waals surface area contributed by atoms with Gasteiger partial charge in [0.05, 0.1) is 6.61 Å². The van der Waals surface area contributed by atoms with Gasteiger partial charge in [0.1, 0.15) is 5.54 Å². The van der Waals surface area contributed by atoms with E-state index in [2.05, 4.69) is 31.1 Å². The summed E-state index contributed by atoms with van der Waals surface area (Å²) >= 11 is 0. The highest BCUT2D eigenvalue weighted by molar-refractivity contribution is 5.82. The van der Waals surface area contributed by atoms with Gasteiger partial charge in [-0.1, -0.05) is 6.42 Å². The number of carbonyl (C=O) groups is 1. The summed E-state index contributed by atoms with van der Waals surface area (Å²) in [7, 11) is 2.15. The number of carbonyl (C=O) groups excluding carboxylic acids is 1. The quantitative estimate of drug-likeness (QED) is 0.664. The minimum absolute atomic E-state index is 0.0540. The van der Waals surface area contributed by atoms with E-state index in [4.69, 9.17) is 4.74 Å². The Balaban J connectivity index is 2.06. The number of nitrogens with zero attached hydrogens (tertiary/aromatic N) is 1. The Morgan fingerprint density at radius 1 is 1.33 bits per heavy atom. The van der Waals surface area contributed by atoms with Crippen molar-refractivity contribution in [1.29, 1.82) is 0 Å². The molecule has 2 fully saturated rings. The number of hydrogen-bond donors (Lipinski definition) is 1. The molecule has 0 saturated heterocycles. The van der Waals surface area contributed by atoms with Crippen LogP contribution in [0.3, 0.4) is 0 Å². The second-order valence-electron chi connectivity index (χ2n) is 7.26. The molecule has 21 heavy (non-hydrogen) atoms. The first-order chi connectivity index (χ1) is 9.98. The Labute approximate surface area is 129 Å². The summed E-state index contributed by atoms with van der Waals surface area (Å²) in [4.78, 5) is 15.0. The Bertz CT molecular complexity index is 351. The fourth-order valence-electron chi connectivity index (χ4n) is 3.54. The van der Waals surface area contributed by atoms with Crippen LogP contribution in [-0.2, 0) is 9.53 Å². The number of nitrogens with one attached hydrogen (secondary N) is 1. The van der Waals surface area contributed by atoms with E-state index < -0.39 is 5.54 Å². The van der Waals surface area contributed by atoms with Crippen molar-refractivity contribution in [1.82, 2.24) is 10.2 Å². The highest BCUT2D eigenvalue weighted by Gasteiger charge is 2.52. The molecule has 2 aliphatic carbocycles. The van der Waals surface area contributed by atoms with E-state index in [-0.39, 0.29) is 12.0 Å². The lowest BCUT2D eigenvalue weighted by atomic mass is 9.84. The van der Waals surface area contributed by atoms with Crippen molar-refractivity contribution in [3.05, 3.63) is 0 Å². The first-order valence-electron chi connectivity index (χ1n) is 8.61. The molecule has 0 aliphatic heterocycles. The Morgan fingerprint density at radius 3 is 2.43 bits per heavy atom. The van der Waals surface area contributed by atoms with Crippen molar-refractivity contribution in [3.8, 4) is 0 Å². The van der Waals surface area contributed by atoms with Crippen LogP contribution in [-0.4, -0.2) is 49.2 Å². The van der Waals surface area contributed by atoms with Crippen molar-refractivity contribution in [2.75, 3.05) is 26.7 Å². The van der Waals surface area contributed by atoms with Crippen LogP contribution in [0.5, 0.6) is 0 Å². The van der Waals surface area contributed by atoms with E-state index in [1.807, 2.05) is 6.92 Å². The summed E-state index contributed by atoms with van der Waals surface area (Å²) < 4.78 is 5.43. The van der Waals surface area contributed by atoms with Crippen LogP contribution >= 0.6 is 0 Å². The molecule has 4 nitrogen and oxygen atoms in total. The lowest BCUT2D eigenvalue weighted by molar-refractivity contribution is -0.153. The Morgan fingerprint density at radius 2 is 2.00 bits per heavy atom. The van der Waals surface area contributed by atoms with Gasteiger partial charge in [0.15, 0.2) is 0 Å². The molecule has 2 saturated carbocycles. The normalized spacial score (nSPS) is 22.2. The fourth-order valence-corrected chi connectivity index (χ4v) is 3.54. The molecule has 0 aromatic rings. The molecule has 1 unspecified atom stereocenters. The summed E-state index contributed by atoms with van der Waals surface area (Å²) in [6, 6.07) is 0.284. The summed E-state index contributed by atoms with van der Waals surface area (Å²) in [6.07, 6.45) is 6.33. The van der Waals surface area contributed by atoms with Gasteiger partial charge in [-0.05, 0) is 65.3 Å². The van der Waals surface area contributed by atoms with Crippen molar-refractivity contribution < 1.29 is 9.53 Å². The molecule has 2 rings (SSSR count). The fraction of sp³-hybridized carbons (Fsp3) is 0.941. The van der Waals surface area contributed by atoms with Crippen molar-refractivity contribution in [2.24, 2.45) is 11.8 Å². The van der Waals surface area contributed by atoms with E-state index >= 15 is 0 Å². The van der Waals surface area contributed by atoms with Crippen molar-refractivity contribution >= 4 is 5.97 Å². The van der Waals surface area contributed by atoms with Gasteiger partial charge < -0.3 is 9.64 Å². The lowest BCUT2D eigenvalue weighted by Gasteiger charge is -2.39. The average Bonchev–Trinajstić information content (AvgIpc) is 3.17. The molecule has 4 heteroatoms. The molecule has 0 heterocycles. The Hall–Kier alpha value is -0.610. The van der Waals surface area contributed by atoms with Crippen LogP contribution in [0.2, 0.25) is 0 Å². The maximum atomic E-state index is 12.7. The van der Waals surface area contributed by atoms with Gasteiger partial charge >= 0.3 is 5.97 Å². The first kappa shape index (κ1) is 16.8. The first-order valence-corrected chi connectivity index (χ1v) is 8.61. The van der Waals surface area contributed by atoms with Crippen LogP contribution in [0.1, 0.15) is 52.9 Å². The van der Waals surface area contributed by atoms with E-state index in [1.165, 1.54) is 19.3 Å². The summed E-state index contributed by atoms with van der Waals surface area (Å²) in [5.74, 6) is 1.21. The smallest absolute Gasteiger partial charge is 0.327 e. The maximum Gasteiger partial charge on any atom is 0.327 e. The minimum atomic E-state index is -0.511. The van der Waals surface area contributed by atoms with Gasteiger partial charge in [-0.3, -0.25) is 5.32 Å². The van der Waals surface area contributed by atoms with E-state index in [0.29, 0.717) is 12.5 Å². The Kier molecular flexibility index (Phi) is 5.67. The van der Waals surface area contributed by atoms with Gasteiger partial charge in [-0.15, -0.1) is 0 Å². The predicted molar refractivity (Wildman–Crippen MR) is 85.2 cm³/mol. The monoisotopic (exact) mass is 296 g/mol. The van der Waals surface area contributed by atoms with E-state index in [0.717, 1.165) is 31.8 Å². The lowest BCUT2D eigenvalue weighted by Crippen LogP contribution is -2.63. The molecular weight excluding hydrogens is 264 g/mol. The van der Waals surface area contributed by atoms with Crippen LogP contribution in [0.15, 0.2) is 0 Å². The minimum Gasteiger partial charge on any atom is -0.465 e. The number of likely N-dealkylation sites (N-methyl/N-ethyl adjacent to an activating group) is 1. The highest BCUT2D eigenvalue weighted by Crippen LogP contribution is 2.41. The molecular formula is C17H32N2O2. The molecule has 1 atom stereocenters. The SMILES string of the molecule is CCOC(=O)C(CN(C)CC1CCC1)(NC(C)C)C1CC1. The molecule has 0 amide bonds. The second kappa shape index (κ2) is 7.10. The van der Waals surface area contributed by atoms with Gasteiger partial charge in [-0.2, -0.15) is 0 Å². The molecule has 0 radical (unpaired) electrons. The van der Waals surface area contributed by atoms with Crippen LogP contribution in [0.25, 0.3) is 0 Å². The number of esters is 1. The summed E-state index contributed by atoms with van der Waals surface area (Å²) in [5.41, 5.74) is -0.511. The third-order valence-electron chi connectivity index (χ3n) is 4.77. The van der Waals surface area contributed by atoms with E-state index in [9.17, 15) is 4.79 Å².